The lowest BCUT2D eigenvalue weighted by Gasteiger charge is -2.01. The molecule has 3 heteroatoms. The molecule has 0 saturated heterocycles. The van der Waals surface area contributed by atoms with Gasteiger partial charge in [0, 0.05) is 30.1 Å². The number of carbonyl (C=O) groups is 1. The van der Waals surface area contributed by atoms with Gasteiger partial charge in [0.25, 0.3) is 0 Å². The van der Waals surface area contributed by atoms with Gasteiger partial charge in [-0.05, 0) is 23.8 Å². The zero-order valence-corrected chi connectivity index (χ0v) is 8.76. The van der Waals surface area contributed by atoms with Crippen LogP contribution in [0, 0.1) is 0 Å². The van der Waals surface area contributed by atoms with Gasteiger partial charge >= 0.3 is 0 Å². The van der Waals surface area contributed by atoms with Crippen LogP contribution in [0.5, 0.6) is 0 Å². The molecule has 0 unspecified atom stereocenters. The Hall–Kier alpha value is -2.16. The van der Waals surface area contributed by atoms with Crippen molar-refractivity contribution in [1.82, 2.24) is 4.98 Å². The van der Waals surface area contributed by atoms with Crippen molar-refractivity contribution in [2.45, 2.75) is 6.42 Å². The van der Waals surface area contributed by atoms with E-state index < -0.39 is 0 Å². The zero-order valence-electron chi connectivity index (χ0n) is 8.76. The minimum absolute atomic E-state index is 0.0558. The number of pyridine rings is 1. The molecular weight excluding hydrogens is 200 g/mol. The van der Waals surface area contributed by atoms with Crippen LogP contribution in [0.2, 0.25) is 0 Å². The van der Waals surface area contributed by atoms with Crippen molar-refractivity contribution in [1.29, 1.82) is 0 Å². The molecule has 1 heterocycles. The van der Waals surface area contributed by atoms with Crippen molar-refractivity contribution in [3.8, 4) is 0 Å². The van der Waals surface area contributed by atoms with Crippen LogP contribution in [0.15, 0.2) is 48.8 Å². The Morgan fingerprint density at radius 1 is 1.25 bits per heavy atom. The van der Waals surface area contributed by atoms with Gasteiger partial charge in [0.1, 0.15) is 0 Å². The second-order valence-electron chi connectivity index (χ2n) is 3.59. The van der Waals surface area contributed by atoms with Gasteiger partial charge in [-0.25, -0.2) is 0 Å². The van der Waals surface area contributed by atoms with Crippen LogP contribution in [0.3, 0.4) is 0 Å². The maximum absolute atomic E-state index is 11.9. The number of nitrogen functional groups attached to an aromatic ring is 1. The Bertz CT molecular complexity index is 494. The molecule has 2 aromatic rings. The van der Waals surface area contributed by atoms with E-state index in [1.807, 2.05) is 12.1 Å². The molecule has 80 valence electrons. The second-order valence-corrected chi connectivity index (χ2v) is 3.59. The van der Waals surface area contributed by atoms with E-state index in [4.69, 9.17) is 5.73 Å². The van der Waals surface area contributed by atoms with Gasteiger partial charge in [0.2, 0.25) is 0 Å². The number of anilines is 1. The Morgan fingerprint density at radius 3 is 2.81 bits per heavy atom. The third-order valence-corrected chi connectivity index (χ3v) is 2.30. The van der Waals surface area contributed by atoms with Gasteiger partial charge in [0.15, 0.2) is 5.78 Å². The number of nitrogens with zero attached hydrogens (tertiary/aromatic N) is 1. The molecule has 0 radical (unpaired) electrons. The summed E-state index contributed by atoms with van der Waals surface area (Å²) >= 11 is 0. The first kappa shape index (κ1) is 10.4. The predicted octanol–water partition coefficient (Wildman–Crippen LogP) is 2.09. The molecule has 16 heavy (non-hydrogen) atoms. The summed E-state index contributed by atoms with van der Waals surface area (Å²) in [5.41, 5.74) is 7.79. The average Bonchev–Trinajstić information content (AvgIpc) is 2.30. The standard InChI is InChI=1S/C13H12N2O/c14-12-5-1-4-11(8-12)13(16)7-10-3-2-6-15-9-10/h1-6,8-9H,7,14H2. The normalized spacial score (nSPS) is 10.0. The highest BCUT2D eigenvalue weighted by atomic mass is 16.1. The van der Waals surface area contributed by atoms with Crippen molar-refractivity contribution >= 4 is 11.5 Å². The molecule has 0 bridgehead atoms. The topological polar surface area (TPSA) is 56.0 Å². The molecule has 1 aromatic carbocycles. The van der Waals surface area contributed by atoms with E-state index in [1.54, 1.807) is 36.7 Å². The number of hydrogen-bond acceptors (Lipinski definition) is 3. The molecule has 0 aliphatic heterocycles. The fraction of sp³-hybridized carbons (Fsp3) is 0.0769. The maximum atomic E-state index is 11.9. The number of nitrogens with two attached hydrogens (primary N) is 1. The Morgan fingerprint density at radius 2 is 2.12 bits per heavy atom. The zero-order chi connectivity index (χ0) is 11.4. The Balaban J connectivity index is 2.15. The fourth-order valence-electron chi connectivity index (χ4n) is 1.50. The minimum Gasteiger partial charge on any atom is -0.399 e. The van der Waals surface area contributed by atoms with Crippen molar-refractivity contribution in [3.05, 3.63) is 59.9 Å². The van der Waals surface area contributed by atoms with E-state index in [1.165, 1.54) is 0 Å². The molecule has 2 N–H and O–H groups in total. The van der Waals surface area contributed by atoms with E-state index in [9.17, 15) is 4.79 Å². The number of hydrogen-bond donors (Lipinski definition) is 1. The SMILES string of the molecule is Nc1cccc(C(=O)Cc2cccnc2)c1. The number of carbonyl (C=O) groups excluding carboxylic acids is 1. The quantitative estimate of drug-likeness (QED) is 0.626. The van der Waals surface area contributed by atoms with Crippen molar-refractivity contribution in [2.75, 3.05) is 5.73 Å². The molecule has 0 aliphatic rings. The second kappa shape index (κ2) is 4.57. The van der Waals surface area contributed by atoms with Gasteiger partial charge in [0.05, 0.1) is 0 Å². The largest absolute Gasteiger partial charge is 0.399 e. The third-order valence-electron chi connectivity index (χ3n) is 2.30. The highest BCUT2D eigenvalue weighted by molar-refractivity contribution is 5.98. The molecule has 0 amide bonds. The summed E-state index contributed by atoms with van der Waals surface area (Å²) in [5, 5.41) is 0. The summed E-state index contributed by atoms with van der Waals surface area (Å²) in [4.78, 5) is 15.9. The van der Waals surface area contributed by atoms with E-state index in [0.29, 0.717) is 17.7 Å². The van der Waals surface area contributed by atoms with E-state index >= 15 is 0 Å². The fourth-order valence-corrected chi connectivity index (χ4v) is 1.50. The predicted molar refractivity (Wildman–Crippen MR) is 63.1 cm³/mol. The van der Waals surface area contributed by atoms with E-state index in [0.717, 1.165) is 5.56 Å². The number of aromatic nitrogens is 1. The molecule has 0 atom stereocenters. The monoisotopic (exact) mass is 212 g/mol. The third kappa shape index (κ3) is 2.45. The molecule has 3 nitrogen and oxygen atoms in total. The van der Waals surface area contributed by atoms with Gasteiger partial charge in [-0.15, -0.1) is 0 Å². The van der Waals surface area contributed by atoms with Crippen molar-refractivity contribution < 1.29 is 4.79 Å². The van der Waals surface area contributed by atoms with Crippen LogP contribution in [0.4, 0.5) is 5.69 Å². The summed E-state index contributed by atoms with van der Waals surface area (Å²) in [5.74, 6) is 0.0558. The van der Waals surface area contributed by atoms with Crippen molar-refractivity contribution in [2.24, 2.45) is 0 Å². The molecule has 1 aromatic heterocycles. The first-order valence-electron chi connectivity index (χ1n) is 5.03. The maximum Gasteiger partial charge on any atom is 0.167 e. The molecular formula is C13H12N2O. The summed E-state index contributed by atoms with van der Waals surface area (Å²) < 4.78 is 0. The summed E-state index contributed by atoms with van der Waals surface area (Å²) in [6.07, 6.45) is 3.75. The van der Waals surface area contributed by atoms with E-state index in [2.05, 4.69) is 4.98 Å². The van der Waals surface area contributed by atoms with Gasteiger partial charge in [-0.3, -0.25) is 9.78 Å². The van der Waals surface area contributed by atoms with E-state index in [-0.39, 0.29) is 5.78 Å². The molecule has 0 saturated carbocycles. The highest BCUT2D eigenvalue weighted by Crippen LogP contribution is 2.10. The van der Waals surface area contributed by atoms with Gasteiger partial charge < -0.3 is 5.73 Å². The van der Waals surface area contributed by atoms with Crippen LogP contribution in [-0.4, -0.2) is 10.8 Å². The van der Waals surface area contributed by atoms with Gasteiger partial charge in [-0.2, -0.15) is 0 Å². The summed E-state index contributed by atoms with van der Waals surface area (Å²) in [6, 6.07) is 10.7. The average molecular weight is 212 g/mol. The first-order valence-corrected chi connectivity index (χ1v) is 5.03. The summed E-state index contributed by atoms with van der Waals surface area (Å²) in [6.45, 7) is 0. The smallest absolute Gasteiger partial charge is 0.167 e. The lowest BCUT2D eigenvalue weighted by atomic mass is 10.0. The van der Waals surface area contributed by atoms with Crippen molar-refractivity contribution in [3.63, 3.8) is 0 Å². The van der Waals surface area contributed by atoms with Crippen LogP contribution in [0.25, 0.3) is 0 Å². The molecule has 0 aliphatic carbocycles. The first-order chi connectivity index (χ1) is 7.75. The van der Waals surface area contributed by atoms with Crippen LogP contribution in [-0.2, 0) is 6.42 Å². The lowest BCUT2D eigenvalue weighted by molar-refractivity contribution is 0.0993. The molecule has 0 spiro atoms. The van der Waals surface area contributed by atoms with Crippen LogP contribution >= 0.6 is 0 Å². The number of benzene rings is 1. The lowest BCUT2D eigenvalue weighted by Crippen LogP contribution is -2.04. The minimum atomic E-state index is 0.0558. The van der Waals surface area contributed by atoms with Crippen LogP contribution in [0.1, 0.15) is 15.9 Å². The number of rotatable bonds is 3. The number of Topliss-reactive ketones (excluding diaryl/α,β-unsaturated/α-hetero) is 1. The summed E-state index contributed by atoms with van der Waals surface area (Å²) in [7, 11) is 0. The van der Waals surface area contributed by atoms with Crippen LogP contribution < -0.4 is 5.73 Å². The number of ketones is 1. The Labute approximate surface area is 93.9 Å². The Kier molecular flexibility index (Phi) is 2.96. The molecule has 2 rings (SSSR count). The molecule has 0 fully saturated rings. The highest BCUT2D eigenvalue weighted by Gasteiger charge is 2.06. The van der Waals surface area contributed by atoms with Gasteiger partial charge in [-0.1, -0.05) is 18.2 Å².